The van der Waals surface area contributed by atoms with E-state index in [1.54, 1.807) is 11.7 Å². The smallest absolute Gasteiger partial charge is 0.308 e. The summed E-state index contributed by atoms with van der Waals surface area (Å²) in [6.07, 6.45) is -1.31. The van der Waals surface area contributed by atoms with Gasteiger partial charge in [-0.05, 0) is 6.92 Å². The van der Waals surface area contributed by atoms with Crippen LogP contribution in [0.1, 0.15) is 22.5 Å². The van der Waals surface area contributed by atoms with Gasteiger partial charge in [0, 0.05) is 44.5 Å². The molecule has 0 aliphatic carbocycles. The molecule has 0 unspecified atom stereocenters. The van der Waals surface area contributed by atoms with E-state index in [1.165, 1.54) is 13.2 Å². The number of nitrogens with zero attached hydrogens (tertiary/aromatic N) is 4. The Kier molecular flexibility index (Phi) is 5.41. The maximum atomic E-state index is 12.9. The highest BCUT2D eigenvalue weighted by Crippen LogP contribution is 2.31. The first-order chi connectivity index (χ1) is 9.29. The van der Waals surface area contributed by atoms with Crippen molar-refractivity contribution in [1.29, 1.82) is 0 Å². The van der Waals surface area contributed by atoms with E-state index in [0.29, 0.717) is 6.54 Å². The molecule has 0 amide bonds. The Morgan fingerprint density at radius 2 is 1.81 bits per heavy atom. The van der Waals surface area contributed by atoms with Crippen molar-refractivity contribution in [1.82, 2.24) is 24.9 Å². The minimum atomic E-state index is -4.40. The van der Waals surface area contributed by atoms with Crippen molar-refractivity contribution >= 4 is 12.4 Å². The van der Waals surface area contributed by atoms with Crippen molar-refractivity contribution in [2.45, 2.75) is 26.2 Å². The largest absolute Gasteiger partial charge is 0.433 e. The fraction of sp³-hybridized carbons (Fsp3) is 0.500. The average molecular weight is 324 g/mol. The third kappa shape index (κ3) is 3.98. The molecule has 21 heavy (non-hydrogen) atoms. The van der Waals surface area contributed by atoms with E-state index >= 15 is 0 Å². The number of hydrogen-bond acceptors (Lipinski definition) is 3. The molecule has 2 aromatic rings. The van der Waals surface area contributed by atoms with Crippen LogP contribution in [-0.4, -0.2) is 19.6 Å². The summed E-state index contributed by atoms with van der Waals surface area (Å²) < 4.78 is 41.1. The second-order valence-electron chi connectivity index (χ2n) is 4.66. The Morgan fingerprint density at radius 1 is 1.19 bits per heavy atom. The summed E-state index contributed by atoms with van der Waals surface area (Å²) in [5.74, 6) is 0. The van der Waals surface area contributed by atoms with Crippen LogP contribution in [-0.2, 0) is 33.4 Å². The van der Waals surface area contributed by atoms with Crippen LogP contribution < -0.4 is 5.32 Å². The van der Waals surface area contributed by atoms with Gasteiger partial charge in [-0.2, -0.15) is 23.4 Å². The minimum Gasteiger partial charge on any atom is -0.308 e. The molecule has 0 atom stereocenters. The monoisotopic (exact) mass is 323 g/mol. The van der Waals surface area contributed by atoms with Crippen molar-refractivity contribution in [3.05, 3.63) is 34.9 Å². The molecule has 5 nitrogen and oxygen atoms in total. The molecule has 0 aliphatic heterocycles. The molecule has 0 saturated carbocycles. The van der Waals surface area contributed by atoms with Crippen LogP contribution in [0.5, 0.6) is 0 Å². The molecule has 0 fully saturated rings. The minimum absolute atomic E-state index is 0. The van der Waals surface area contributed by atoms with E-state index < -0.39 is 11.9 Å². The van der Waals surface area contributed by atoms with Gasteiger partial charge in [0.15, 0.2) is 0 Å². The molecule has 0 spiro atoms. The van der Waals surface area contributed by atoms with Crippen LogP contribution >= 0.6 is 12.4 Å². The molecule has 0 aromatic carbocycles. The van der Waals surface area contributed by atoms with Crippen LogP contribution in [0, 0.1) is 6.92 Å². The summed E-state index contributed by atoms with van der Waals surface area (Å²) in [7, 11) is 3.09. The zero-order valence-corrected chi connectivity index (χ0v) is 12.7. The van der Waals surface area contributed by atoms with Crippen LogP contribution in [0.3, 0.4) is 0 Å². The van der Waals surface area contributed by atoms with Gasteiger partial charge in [0.2, 0.25) is 0 Å². The zero-order chi connectivity index (χ0) is 14.9. The number of rotatable bonds is 4. The van der Waals surface area contributed by atoms with Gasteiger partial charge in [-0.25, -0.2) is 0 Å². The number of aromatic nitrogens is 4. The SMILES string of the molecule is Cc1nn(C)cc1CNCc1cnn(C)c1C(F)(F)F.Cl. The summed E-state index contributed by atoms with van der Waals surface area (Å²) in [5.41, 5.74) is 1.25. The van der Waals surface area contributed by atoms with E-state index in [2.05, 4.69) is 15.5 Å². The number of alkyl halides is 3. The molecule has 2 rings (SSSR count). The van der Waals surface area contributed by atoms with Gasteiger partial charge in [-0.1, -0.05) is 0 Å². The summed E-state index contributed by atoms with van der Waals surface area (Å²) in [6, 6.07) is 0. The number of aryl methyl sites for hydroxylation is 3. The van der Waals surface area contributed by atoms with Crippen LogP contribution in [0.4, 0.5) is 13.2 Å². The molecule has 2 aromatic heterocycles. The predicted molar refractivity (Wildman–Crippen MR) is 73.9 cm³/mol. The maximum Gasteiger partial charge on any atom is 0.433 e. The molecule has 2 heterocycles. The Labute approximate surface area is 126 Å². The average Bonchev–Trinajstić information content (AvgIpc) is 2.82. The summed E-state index contributed by atoms with van der Waals surface area (Å²) in [6.45, 7) is 2.44. The van der Waals surface area contributed by atoms with E-state index in [0.717, 1.165) is 15.9 Å². The normalized spacial score (nSPS) is 11.5. The second-order valence-corrected chi connectivity index (χ2v) is 4.66. The van der Waals surface area contributed by atoms with Crippen molar-refractivity contribution < 1.29 is 13.2 Å². The fourth-order valence-corrected chi connectivity index (χ4v) is 2.13. The standard InChI is InChI=1S/C12H16F3N5.ClH/c1-8-10(7-19(2)18-8)5-16-4-9-6-17-20(3)11(9)12(13,14)15;/h6-7,16H,4-5H2,1-3H3;1H. The Bertz CT molecular complexity index is 603. The molecule has 0 bridgehead atoms. The van der Waals surface area contributed by atoms with Gasteiger partial charge in [0.05, 0.1) is 11.9 Å². The summed E-state index contributed by atoms with van der Waals surface area (Å²) in [4.78, 5) is 0. The van der Waals surface area contributed by atoms with Crippen LogP contribution in [0.2, 0.25) is 0 Å². The third-order valence-electron chi connectivity index (χ3n) is 3.03. The van der Waals surface area contributed by atoms with Crippen LogP contribution in [0.25, 0.3) is 0 Å². The van der Waals surface area contributed by atoms with Crippen molar-refractivity contribution in [3.63, 3.8) is 0 Å². The van der Waals surface area contributed by atoms with Crippen molar-refractivity contribution in [2.24, 2.45) is 14.1 Å². The van der Waals surface area contributed by atoms with Crippen LogP contribution in [0.15, 0.2) is 12.4 Å². The molecule has 1 N–H and O–H groups in total. The third-order valence-corrected chi connectivity index (χ3v) is 3.03. The van der Waals surface area contributed by atoms with E-state index in [9.17, 15) is 13.2 Å². The topological polar surface area (TPSA) is 47.7 Å². The van der Waals surface area contributed by atoms with Gasteiger partial charge in [0.25, 0.3) is 0 Å². The van der Waals surface area contributed by atoms with Gasteiger partial charge in [-0.15, -0.1) is 12.4 Å². The number of nitrogens with one attached hydrogen (secondary N) is 1. The van der Waals surface area contributed by atoms with Crippen molar-refractivity contribution in [2.75, 3.05) is 0 Å². The first kappa shape index (κ1) is 17.5. The van der Waals surface area contributed by atoms with Gasteiger partial charge in [0.1, 0.15) is 5.69 Å². The zero-order valence-electron chi connectivity index (χ0n) is 11.9. The Balaban J connectivity index is 0.00000220. The van der Waals surface area contributed by atoms with Gasteiger partial charge >= 0.3 is 6.18 Å². The molecule has 118 valence electrons. The highest BCUT2D eigenvalue weighted by Gasteiger charge is 2.37. The van der Waals surface area contributed by atoms with E-state index in [-0.39, 0.29) is 24.5 Å². The molecule has 0 saturated heterocycles. The lowest BCUT2D eigenvalue weighted by Gasteiger charge is -2.10. The molecular weight excluding hydrogens is 307 g/mol. The highest BCUT2D eigenvalue weighted by atomic mass is 35.5. The lowest BCUT2D eigenvalue weighted by atomic mass is 10.2. The van der Waals surface area contributed by atoms with E-state index in [4.69, 9.17) is 0 Å². The first-order valence-corrected chi connectivity index (χ1v) is 6.07. The first-order valence-electron chi connectivity index (χ1n) is 6.07. The summed E-state index contributed by atoms with van der Waals surface area (Å²) in [5, 5.41) is 10.8. The lowest BCUT2D eigenvalue weighted by molar-refractivity contribution is -0.144. The van der Waals surface area contributed by atoms with Gasteiger partial charge < -0.3 is 5.32 Å². The van der Waals surface area contributed by atoms with Gasteiger partial charge in [-0.3, -0.25) is 9.36 Å². The molecule has 0 aliphatic rings. The second kappa shape index (κ2) is 6.48. The lowest BCUT2D eigenvalue weighted by Crippen LogP contribution is -2.19. The number of hydrogen-bond donors (Lipinski definition) is 1. The van der Waals surface area contributed by atoms with Crippen molar-refractivity contribution in [3.8, 4) is 0 Å². The quantitative estimate of drug-likeness (QED) is 0.938. The molecular formula is C12H17ClF3N5. The maximum absolute atomic E-state index is 12.9. The Hall–Kier alpha value is -1.54. The molecule has 9 heteroatoms. The highest BCUT2D eigenvalue weighted by molar-refractivity contribution is 5.85. The number of halogens is 4. The summed E-state index contributed by atoms with van der Waals surface area (Å²) >= 11 is 0. The Morgan fingerprint density at radius 3 is 2.33 bits per heavy atom. The van der Waals surface area contributed by atoms with E-state index in [1.807, 2.05) is 13.1 Å². The predicted octanol–water partition coefficient (Wildman–Crippen LogP) is 2.19. The fourth-order valence-electron chi connectivity index (χ4n) is 2.13. The molecule has 0 radical (unpaired) electrons.